The Morgan fingerprint density at radius 3 is 2.21 bits per heavy atom. The molecule has 1 aromatic carbocycles. The second-order valence-corrected chi connectivity index (χ2v) is 8.22. The summed E-state index contributed by atoms with van der Waals surface area (Å²) in [7, 11) is -0.289. The van der Waals surface area contributed by atoms with Gasteiger partial charge in [0.1, 0.15) is 0 Å². The van der Waals surface area contributed by atoms with E-state index in [1.165, 1.54) is 37.7 Å². The second-order valence-electron chi connectivity index (χ2n) is 6.20. The Labute approximate surface area is 184 Å². The van der Waals surface area contributed by atoms with E-state index in [1.807, 2.05) is 0 Å². The van der Waals surface area contributed by atoms with Crippen molar-refractivity contribution in [2.75, 3.05) is 0 Å². The summed E-state index contributed by atoms with van der Waals surface area (Å²) in [4.78, 5) is 0. The zero-order valence-electron chi connectivity index (χ0n) is 14.8. The Kier molecular flexibility index (Phi) is 19.2. The predicted octanol–water partition coefficient (Wildman–Crippen LogP) is -4.89. The van der Waals surface area contributed by atoms with Crippen molar-refractivity contribution in [2.45, 2.75) is 52.9 Å². The van der Waals surface area contributed by atoms with Gasteiger partial charge >= 0.3 is 21.7 Å². The van der Waals surface area contributed by atoms with Crippen molar-refractivity contribution in [1.29, 1.82) is 0 Å². The molecule has 0 atom stereocenters. The van der Waals surface area contributed by atoms with Gasteiger partial charge in [0, 0.05) is 0 Å². The van der Waals surface area contributed by atoms with E-state index >= 15 is 0 Å². The SMILES string of the molecule is CCCCCC1=[C-]C(C(C)C)=C([SiH2]c2ccccc2)C1.[Cl-].[Cl-].[Cl-].[Ti+4]. The molecule has 0 unspecified atom stereocenters. The fourth-order valence-corrected chi connectivity index (χ4v) is 5.08. The largest absolute Gasteiger partial charge is 4.00 e. The van der Waals surface area contributed by atoms with E-state index < -0.39 is 0 Å². The molecule has 1 aliphatic carbocycles. The number of allylic oxidation sites excluding steroid dienone is 4. The van der Waals surface area contributed by atoms with Crippen LogP contribution in [0.15, 0.2) is 46.7 Å². The molecule has 24 heavy (non-hydrogen) atoms. The molecular formula is C19H27Cl3SiTi. The molecule has 0 nitrogen and oxygen atoms in total. The Bertz CT molecular complexity index is 499. The van der Waals surface area contributed by atoms with Crippen LogP contribution in [0.3, 0.4) is 0 Å². The minimum atomic E-state index is -0.289. The molecule has 0 saturated carbocycles. The first-order valence-electron chi connectivity index (χ1n) is 8.08. The fraction of sp³-hybridized carbons (Fsp3) is 0.474. The topological polar surface area (TPSA) is 0 Å². The molecule has 1 aliphatic rings. The van der Waals surface area contributed by atoms with Crippen LogP contribution in [0.5, 0.6) is 0 Å². The summed E-state index contributed by atoms with van der Waals surface area (Å²) < 4.78 is 0. The third-order valence-electron chi connectivity index (χ3n) is 4.04. The predicted molar refractivity (Wildman–Crippen MR) is 92.0 cm³/mol. The van der Waals surface area contributed by atoms with Gasteiger partial charge in [0.15, 0.2) is 0 Å². The van der Waals surface area contributed by atoms with E-state index in [1.54, 1.807) is 16.0 Å². The van der Waals surface area contributed by atoms with Gasteiger partial charge in [-0.2, -0.15) is 5.57 Å². The normalized spacial score (nSPS) is 13.1. The molecule has 0 amide bonds. The van der Waals surface area contributed by atoms with E-state index in [9.17, 15) is 0 Å². The van der Waals surface area contributed by atoms with Gasteiger partial charge in [-0.1, -0.05) is 94.3 Å². The summed E-state index contributed by atoms with van der Waals surface area (Å²) in [5.74, 6) is 0.630. The number of hydrogen-bond acceptors (Lipinski definition) is 0. The van der Waals surface area contributed by atoms with Gasteiger partial charge in [-0.05, 0) is 9.52 Å². The first-order valence-corrected chi connectivity index (χ1v) is 9.49. The smallest absolute Gasteiger partial charge is 1.00 e. The minimum absolute atomic E-state index is 0. The molecule has 0 aliphatic heterocycles. The van der Waals surface area contributed by atoms with E-state index in [0.29, 0.717) is 5.92 Å². The second kappa shape index (κ2) is 15.7. The summed E-state index contributed by atoms with van der Waals surface area (Å²) in [6.07, 6.45) is 10.2. The van der Waals surface area contributed by atoms with Crippen LogP contribution in [0.25, 0.3) is 0 Å². The Morgan fingerprint density at radius 1 is 1.04 bits per heavy atom. The standard InChI is InChI=1S/C19H27Si.3ClH.Ti/c1-4-5-7-10-16-13-18(15(2)3)19(14-16)20-17-11-8-6-9-12-17;;;;/h6,8-9,11-12,15H,4-5,7,10,14,20H2,1-3H3;3*1H;/q-1;;;;+4/p-3. The summed E-state index contributed by atoms with van der Waals surface area (Å²) in [5.41, 5.74) is 3.10. The molecule has 0 N–H and O–H groups in total. The van der Waals surface area contributed by atoms with Crippen molar-refractivity contribution >= 4 is 14.7 Å². The van der Waals surface area contributed by atoms with Crippen molar-refractivity contribution in [2.24, 2.45) is 5.92 Å². The van der Waals surface area contributed by atoms with E-state index in [-0.39, 0.29) is 68.5 Å². The fourth-order valence-electron chi connectivity index (χ4n) is 2.97. The van der Waals surface area contributed by atoms with Crippen LogP contribution >= 0.6 is 0 Å². The third kappa shape index (κ3) is 9.27. The maximum atomic E-state index is 3.75. The molecule has 0 spiro atoms. The van der Waals surface area contributed by atoms with Gasteiger partial charge in [0.25, 0.3) is 0 Å². The molecular weight excluding hydrogens is 411 g/mol. The number of unbranched alkanes of at least 4 members (excludes halogenated alkanes) is 2. The molecule has 0 bridgehead atoms. The maximum Gasteiger partial charge on any atom is 4.00 e. The summed E-state index contributed by atoms with van der Waals surface area (Å²) >= 11 is 0. The van der Waals surface area contributed by atoms with Crippen LogP contribution in [0.1, 0.15) is 52.9 Å². The molecule has 0 heterocycles. The van der Waals surface area contributed by atoms with Crippen LogP contribution in [0.4, 0.5) is 0 Å². The monoisotopic (exact) mass is 436 g/mol. The van der Waals surface area contributed by atoms with E-state index in [2.05, 4.69) is 57.2 Å². The minimum Gasteiger partial charge on any atom is -1.00 e. The van der Waals surface area contributed by atoms with Gasteiger partial charge in [-0.25, -0.2) is 16.8 Å². The Morgan fingerprint density at radius 2 is 1.67 bits per heavy atom. The maximum absolute atomic E-state index is 3.75. The van der Waals surface area contributed by atoms with Crippen LogP contribution < -0.4 is 42.4 Å². The van der Waals surface area contributed by atoms with Crippen LogP contribution in [-0.2, 0) is 21.7 Å². The number of hydrogen-bond donors (Lipinski definition) is 0. The van der Waals surface area contributed by atoms with Crippen molar-refractivity contribution in [3.63, 3.8) is 0 Å². The van der Waals surface area contributed by atoms with Gasteiger partial charge in [0.2, 0.25) is 0 Å². The summed E-state index contributed by atoms with van der Waals surface area (Å²) in [6, 6.07) is 11.1. The van der Waals surface area contributed by atoms with Gasteiger partial charge in [0.05, 0.1) is 0 Å². The molecule has 2 rings (SSSR count). The first kappa shape index (κ1) is 29.3. The number of halogens is 3. The van der Waals surface area contributed by atoms with Gasteiger partial charge in [-0.3, -0.25) is 0 Å². The summed E-state index contributed by atoms with van der Waals surface area (Å²) in [5, 5.41) is 3.30. The zero-order chi connectivity index (χ0) is 14.4. The number of benzene rings is 1. The van der Waals surface area contributed by atoms with Crippen LogP contribution in [0.2, 0.25) is 0 Å². The van der Waals surface area contributed by atoms with Crippen molar-refractivity contribution < 1.29 is 58.9 Å². The molecule has 1 aromatic rings. The van der Waals surface area contributed by atoms with Crippen molar-refractivity contribution in [3.8, 4) is 0 Å². The molecule has 5 heteroatoms. The molecule has 0 aromatic heterocycles. The molecule has 132 valence electrons. The van der Waals surface area contributed by atoms with Crippen molar-refractivity contribution in [3.05, 3.63) is 52.8 Å². The van der Waals surface area contributed by atoms with Crippen molar-refractivity contribution in [1.82, 2.24) is 0 Å². The third-order valence-corrected chi connectivity index (χ3v) is 5.98. The quantitative estimate of drug-likeness (QED) is 0.228. The molecule has 0 radical (unpaired) electrons. The Balaban J connectivity index is -0.00000110. The molecule has 0 fully saturated rings. The Hall–Kier alpha value is 0.501. The van der Waals surface area contributed by atoms with E-state index in [0.717, 1.165) is 0 Å². The summed E-state index contributed by atoms with van der Waals surface area (Å²) in [6.45, 7) is 6.91. The average Bonchev–Trinajstić information content (AvgIpc) is 2.83. The molecule has 0 saturated heterocycles. The van der Waals surface area contributed by atoms with Gasteiger partial charge < -0.3 is 37.2 Å². The average molecular weight is 438 g/mol. The van der Waals surface area contributed by atoms with E-state index in [4.69, 9.17) is 0 Å². The van der Waals surface area contributed by atoms with Crippen LogP contribution in [0, 0.1) is 12.0 Å². The number of rotatable bonds is 7. The van der Waals surface area contributed by atoms with Gasteiger partial charge in [-0.15, -0.1) is 0 Å². The van der Waals surface area contributed by atoms with Crippen LogP contribution in [-0.4, -0.2) is 9.52 Å². The first-order chi connectivity index (χ1) is 9.70. The zero-order valence-corrected chi connectivity index (χ0v) is 20.1.